The summed E-state index contributed by atoms with van der Waals surface area (Å²) < 4.78 is 0. The van der Waals surface area contributed by atoms with Gasteiger partial charge in [-0.05, 0) is 23.3 Å². The minimum atomic E-state index is -2.26. The third kappa shape index (κ3) is 16.2. The summed E-state index contributed by atoms with van der Waals surface area (Å²) in [6.45, 7) is -1.83. The van der Waals surface area contributed by atoms with Gasteiger partial charge in [0.25, 0.3) is 35.0 Å². The molecule has 6 unspecified atom stereocenters. The van der Waals surface area contributed by atoms with E-state index in [2.05, 4.69) is 30.6 Å². The van der Waals surface area contributed by atoms with Crippen molar-refractivity contribution in [1.82, 2.24) is 26.6 Å². The van der Waals surface area contributed by atoms with E-state index in [0.717, 1.165) is 4.90 Å². The third-order valence-corrected chi connectivity index (χ3v) is 9.58. The summed E-state index contributed by atoms with van der Waals surface area (Å²) in [5.74, 6) is -13.4. The number of hydrogen-bond acceptors (Lipinski definition) is 18. The average molecular weight is 1040 g/mol. The van der Waals surface area contributed by atoms with Gasteiger partial charge in [0.1, 0.15) is 17.8 Å². The number of carboxylic acids is 1. The van der Waals surface area contributed by atoms with Crippen LogP contribution in [0, 0.1) is 20.2 Å². The Morgan fingerprint density at radius 2 is 1.05 bits per heavy atom. The number of aliphatic hydroxyl groups excluding tert-OH is 1. The highest BCUT2D eigenvalue weighted by molar-refractivity contribution is 6.02. The van der Waals surface area contributed by atoms with Crippen molar-refractivity contribution < 1.29 is 53.6 Å². The van der Waals surface area contributed by atoms with E-state index in [1.165, 1.54) is 42.5 Å². The van der Waals surface area contributed by atoms with Crippen molar-refractivity contribution in [1.29, 1.82) is 0 Å². The molecule has 0 aromatic heterocycles. The van der Waals surface area contributed by atoms with Crippen LogP contribution in [-0.4, -0.2) is 137 Å². The van der Waals surface area contributed by atoms with Crippen LogP contribution in [0.4, 0.5) is 22.7 Å². The molecular formula is C39H52N22O13. The first-order chi connectivity index (χ1) is 34.6. The first-order valence-corrected chi connectivity index (χ1v) is 20.7. The molecule has 35 nitrogen and oxygen atoms in total. The second-order valence-corrected chi connectivity index (χ2v) is 15.2. The van der Waals surface area contributed by atoms with Gasteiger partial charge in [-0.15, -0.1) is 0 Å². The lowest BCUT2D eigenvalue weighted by atomic mass is 10.0. The summed E-state index contributed by atoms with van der Waals surface area (Å²) in [6, 6.07) is 10.2. The second kappa shape index (κ2) is 25.8. The van der Waals surface area contributed by atoms with Gasteiger partial charge in [0.05, 0.1) is 28.1 Å². The summed E-state index contributed by atoms with van der Waals surface area (Å²) >= 11 is 0. The first kappa shape index (κ1) is 57.7. The summed E-state index contributed by atoms with van der Waals surface area (Å²) in [5, 5.41) is 56.0. The Morgan fingerprint density at radius 3 is 1.45 bits per heavy atom. The summed E-state index contributed by atoms with van der Waals surface area (Å²) in [7, 11) is 3.45. The number of primary amides is 1. The molecule has 6 atom stereocenters. The molecule has 0 aliphatic heterocycles. The lowest BCUT2D eigenvalue weighted by Gasteiger charge is -2.33. The number of nitro benzene ring substituents is 2. The zero-order valence-corrected chi connectivity index (χ0v) is 38.9. The van der Waals surface area contributed by atoms with Crippen molar-refractivity contribution in [3.05, 3.63) is 104 Å². The first-order valence-electron chi connectivity index (χ1n) is 20.7. The van der Waals surface area contributed by atoms with E-state index in [9.17, 15) is 64.0 Å². The molecule has 0 aliphatic rings. The number of aliphatic hydroxyl groups is 1. The quantitative estimate of drug-likeness (QED) is 0.0162. The number of anilines is 2. The number of hydrogen-bond donors (Lipinski definition) is 16. The van der Waals surface area contributed by atoms with Gasteiger partial charge in [0.15, 0.2) is 23.8 Å². The molecule has 0 bridgehead atoms. The van der Waals surface area contributed by atoms with Gasteiger partial charge in [-0.2, -0.15) is 0 Å². The van der Waals surface area contributed by atoms with Gasteiger partial charge in [-0.1, -0.05) is 42.5 Å². The van der Waals surface area contributed by atoms with Gasteiger partial charge < -0.3 is 98.2 Å². The van der Waals surface area contributed by atoms with Gasteiger partial charge in [-0.3, -0.25) is 49.0 Å². The molecule has 3 aromatic carbocycles. The fourth-order valence-electron chi connectivity index (χ4n) is 6.35. The molecule has 35 heteroatoms. The van der Waals surface area contributed by atoms with Crippen molar-refractivity contribution >= 4 is 88.0 Å². The van der Waals surface area contributed by atoms with E-state index in [1.54, 1.807) is 31.1 Å². The van der Waals surface area contributed by atoms with E-state index >= 15 is 0 Å². The fraction of sp³-hybridized carbons (Fsp3) is 0.256. The van der Waals surface area contributed by atoms with E-state index in [1.807, 2.05) is 16.0 Å². The van der Waals surface area contributed by atoms with Crippen LogP contribution in [0.15, 0.2) is 86.7 Å². The van der Waals surface area contributed by atoms with Crippen LogP contribution >= 0.6 is 0 Å². The third-order valence-electron chi connectivity index (χ3n) is 9.58. The number of carbonyl (C=O) groups is 7. The Balaban J connectivity index is 2.13. The Kier molecular flexibility index (Phi) is 20.2. The van der Waals surface area contributed by atoms with Gasteiger partial charge >= 0.3 is 5.97 Å². The SMILES string of the molecule is CN(C)c1ccc(CN(c2c(C(=O)O)cc([N+](=O)[O-])cc2[N+](=O)[O-])C(CO)C(=O)NC(C(=O)NC(N=C(N)N)C(=O)NC(N=C(N)N)C(=O)NC(N=C(N)N)C(=O)NC(N=C(N)N)C(N)=O)c2ccccc2)cc1. The van der Waals surface area contributed by atoms with E-state index in [-0.39, 0.29) is 11.1 Å². The molecule has 0 radical (unpaired) electrons. The van der Waals surface area contributed by atoms with Crippen molar-refractivity contribution in [2.24, 2.45) is 71.6 Å². The molecule has 0 saturated heterocycles. The normalized spacial score (nSPS) is 12.9. The summed E-state index contributed by atoms with van der Waals surface area (Å²) in [5.41, 5.74) is 45.6. The van der Waals surface area contributed by atoms with E-state index in [4.69, 9.17) is 51.6 Å². The number of nitrogens with zero attached hydrogens (tertiary/aromatic N) is 8. The number of aliphatic imine (C=N–C) groups is 4. The van der Waals surface area contributed by atoms with Gasteiger partial charge in [-0.25, -0.2) is 24.8 Å². The van der Waals surface area contributed by atoms with Gasteiger partial charge in [0.2, 0.25) is 36.5 Å². The number of nitrogens with one attached hydrogen (secondary N) is 5. The number of guanidine groups is 4. The predicted octanol–water partition coefficient (Wildman–Crippen LogP) is -7.16. The molecule has 0 heterocycles. The predicted molar refractivity (Wildman–Crippen MR) is 262 cm³/mol. The van der Waals surface area contributed by atoms with Crippen LogP contribution in [0.2, 0.25) is 0 Å². The molecule has 3 rings (SSSR count). The molecular weight excluding hydrogens is 985 g/mol. The highest BCUT2D eigenvalue weighted by atomic mass is 16.6. The number of carbonyl (C=O) groups excluding carboxylic acids is 6. The maximum absolute atomic E-state index is 14.6. The second-order valence-electron chi connectivity index (χ2n) is 15.2. The largest absolute Gasteiger partial charge is 0.478 e. The molecule has 74 heavy (non-hydrogen) atoms. The molecule has 0 fully saturated rings. The zero-order valence-electron chi connectivity index (χ0n) is 38.9. The average Bonchev–Trinajstić information content (AvgIpc) is 3.31. The van der Waals surface area contributed by atoms with E-state index < -0.39 is 148 Å². The highest BCUT2D eigenvalue weighted by Crippen LogP contribution is 2.38. The maximum Gasteiger partial charge on any atom is 0.338 e. The van der Waals surface area contributed by atoms with E-state index in [0.29, 0.717) is 17.8 Å². The number of benzene rings is 3. The van der Waals surface area contributed by atoms with Crippen molar-refractivity contribution in [2.45, 2.75) is 43.3 Å². The molecule has 0 saturated carbocycles. The van der Waals surface area contributed by atoms with Crippen LogP contribution in [0.1, 0.15) is 27.5 Å². The van der Waals surface area contributed by atoms with Crippen molar-refractivity contribution in [2.75, 3.05) is 30.5 Å². The number of amides is 6. The van der Waals surface area contributed by atoms with Crippen molar-refractivity contribution in [3.63, 3.8) is 0 Å². The van der Waals surface area contributed by atoms with Crippen LogP contribution < -0.4 is 88.0 Å². The summed E-state index contributed by atoms with van der Waals surface area (Å²) in [4.78, 5) is 133. The zero-order chi connectivity index (χ0) is 55.7. The Morgan fingerprint density at radius 1 is 0.608 bits per heavy atom. The molecule has 25 N–H and O–H groups in total. The minimum Gasteiger partial charge on any atom is -0.478 e. The van der Waals surface area contributed by atoms with Crippen molar-refractivity contribution in [3.8, 4) is 0 Å². The minimum absolute atomic E-state index is 0.0440. The Labute approximate surface area is 416 Å². The summed E-state index contributed by atoms with van der Waals surface area (Å²) in [6.07, 6.45) is -8.58. The smallest absolute Gasteiger partial charge is 0.338 e. The lowest BCUT2D eigenvalue weighted by Crippen LogP contribution is -2.58. The molecule has 396 valence electrons. The van der Waals surface area contributed by atoms with Crippen LogP contribution in [-0.2, 0) is 35.3 Å². The monoisotopic (exact) mass is 1040 g/mol. The number of carboxylic acid groups (broad SMARTS) is 1. The standard InChI is InChI=1S/C39H52N22O13/c1-58(2)18-10-8-16(9-11-18)14-59(24-20(35(69)70)12-19(60(71)72)13-21(24)61(73)74)22(15-62)30(64)49-23(17-6-4-3-5-7-17)31(65)51-27(55-37(43)44)33(67)53-29(57-39(47)48)34(68)52-28(56-38(45)46)32(66)50-26(25(40)63)54-36(41)42/h3-13,22-23,26-29,62H,14-15H2,1-2H3,(H2,40,63)(H,49,64)(H,50,66)(H,51,65)(H,52,68)(H,53,67)(H,69,70)(H4,41,42,54)(H4,43,44,55)(H4,45,46,56)(H4,47,48,57). The number of nitro groups is 2. The molecule has 3 aromatic rings. The molecule has 0 spiro atoms. The Bertz CT molecular complexity index is 2700. The van der Waals surface area contributed by atoms with Gasteiger partial charge in [0, 0.05) is 32.4 Å². The number of aromatic carboxylic acids is 1. The Hall–Kier alpha value is -10.6. The number of rotatable bonds is 25. The number of non-ortho nitro benzene ring substituents is 1. The molecule has 0 aliphatic carbocycles. The topological polar surface area (TPSA) is 596 Å². The van der Waals surface area contributed by atoms with Crippen LogP contribution in [0.5, 0.6) is 0 Å². The lowest BCUT2D eigenvalue weighted by molar-refractivity contribution is -0.393. The maximum atomic E-state index is 14.6. The molecule has 6 amide bonds. The fourth-order valence-corrected chi connectivity index (χ4v) is 6.35. The van der Waals surface area contributed by atoms with Crippen LogP contribution in [0.25, 0.3) is 0 Å². The highest BCUT2D eigenvalue weighted by Gasteiger charge is 2.39. The number of nitrogens with two attached hydrogens (primary N) is 9. The van der Waals surface area contributed by atoms with Crippen LogP contribution in [0.3, 0.4) is 0 Å².